The molecule has 0 aliphatic carbocycles. The molecule has 2 heterocycles. The number of imidazole rings is 1. The summed E-state index contributed by atoms with van der Waals surface area (Å²) in [5.74, 6) is -0.432. The van der Waals surface area contributed by atoms with E-state index in [0.29, 0.717) is 17.8 Å². The number of cyclic esters (lactones) is 1. The van der Waals surface area contributed by atoms with Crippen molar-refractivity contribution in [3.8, 4) is 5.69 Å². The van der Waals surface area contributed by atoms with Gasteiger partial charge in [0, 0.05) is 12.1 Å². The first kappa shape index (κ1) is 11.9. The third-order valence-electron chi connectivity index (χ3n) is 3.25. The van der Waals surface area contributed by atoms with Crippen molar-refractivity contribution in [1.29, 1.82) is 0 Å². The van der Waals surface area contributed by atoms with Crippen LogP contribution in [0.1, 0.15) is 21.7 Å². The van der Waals surface area contributed by atoms with Crippen molar-refractivity contribution < 1.29 is 14.6 Å². The normalized spacial score (nSPS) is 18.0. The van der Waals surface area contributed by atoms with E-state index in [1.807, 2.05) is 31.2 Å². The minimum Gasteiger partial charge on any atom is -0.455 e. The van der Waals surface area contributed by atoms with Crippen molar-refractivity contribution >= 4 is 5.97 Å². The lowest BCUT2D eigenvalue weighted by atomic mass is 10.1. The van der Waals surface area contributed by atoms with E-state index in [9.17, 15) is 4.79 Å². The Kier molecular flexibility index (Phi) is 2.83. The van der Waals surface area contributed by atoms with Crippen LogP contribution in [0.25, 0.3) is 5.69 Å². The molecule has 1 aliphatic rings. The molecular weight excluding hydrogens is 244 g/mol. The molecule has 5 heteroatoms. The second kappa shape index (κ2) is 4.51. The molecule has 0 bridgehead atoms. The predicted molar refractivity (Wildman–Crippen MR) is 68.3 cm³/mol. The van der Waals surface area contributed by atoms with Crippen LogP contribution in [0.15, 0.2) is 30.6 Å². The first-order valence-corrected chi connectivity index (χ1v) is 6.14. The number of aromatic nitrogens is 2. The Morgan fingerprint density at radius 2 is 2.16 bits per heavy atom. The molecule has 1 unspecified atom stereocenters. The monoisotopic (exact) mass is 258 g/mol. The summed E-state index contributed by atoms with van der Waals surface area (Å²) in [5, 5.41) is 9.08. The smallest absolute Gasteiger partial charge is 0.357 e. The van der Waals surface area contributed by atoms with E-state index in [2.05, 4.69) is 4.98 Å². The van der Waals surface area contributed by atoms with Crippen LogP contribution < -0.4 is 0 Å². The van der Waals surface area contributed by atoms with Gasteiger partial charge in [-0.15, -0.1) is 0 Å². The Balaban J connectivity index is 2.04. The van der Waals surface area contributed by atoms with Crippen LogP contribution in [0.2, 0.25) is 0 Å². The number of esters is 1. The molecule has 1 aromatic carbocycles. The molecule has 3 rings (SSSR count). The fraction of sp³-hybridized carbons (Fsp3) is 0.286. The van der Waals surface area contributed by atoms with Gasteiger partial charge < -0.3 is 9.84 Å². The number of carbonyl (C=O) groups excluding carboxylic acids is 1. The average molecular weight is 258 g/mol. The van der Waals surface area contributed by atoms with Gasteiger partial charge in [0.05, 0.1) is 12.3 Å². The molecule has 0 radical (unpaired) electrons. The Morgan fingerprint density at radius 1 is 1.42 bits per heavy atom. The standard InChI is InChI=1S/C14H14N2O3/c1-9-2-4-10(5-3-9)16-8-15-12-6-11(7-17)19-14(18)13(12)16/h2-5,8,11,17H,6-7H2,1H3. The number of aliphatic hydroxyl groups excluding tert-OH is 1. The summed E-state index contributed by atoms with van der Waals surface area (Å²) < 4.78 is 6.88. The van der Waals surface area contributed by atoms with E-state index < -0.39 is 12.1 Å². The number of ether oxygens (including phenoxy) is 1. The highest BCUT2D eigenvalue weighted by Crippen LogP contribution is 2.22. The number of hydrogen-bond donors (Lipinski definition) is 1. The lowest BCUT2D eigenvalue weighted by Gasteiger charge is -2.21. The maximum atomic E-state index is 12.0. The molecule has 0 amide bonds. The van der Waals surface area contributed by atoms with Crippen LogP contribution >= 0.6 is 0 Å². The number of aryl methyl sites for hydroxylation is 1. The molecule has 2 aromatic rings. The van der Waals surface area contributed by atoms with E-state index in [1.165, 1.54) is 0 Å². The Hall–Kier alpha value is -2.14. The lowest BCUT2D eigenvalue weighted by Crippen LogP contribution is -2.31. The second-order valence-electron chi connectivity index (χ2n) is 4.66. The first-order chi connectivity index (χ1) is 9.19. The van der Waals surface area contributed by atoms with E-state index in [4.69, 9.17) is 9.84 Å². The van der Waals surface area contributed by atoms with Crippen LogP contribution in [0, 0.1) is 6.92 Å². The molecule has 1 N–H and O–H groups in total. The summed E-state index contributed by atoms with van der Waals surface area (Å²) in [4.78, 5) is 16.2. The van der Waals surface area contributed by atoms with Crippen molar-refractivity contribution in [2.45, 2.75) is 19.4 Å². The molecule has 0 fully saturated rings. The zero-order valence-corrected chi connectivity index (χ0v) is 10.5. The van der Waals surface area contributed by atoms with Crippen LogP contribution in [-0.2, 0) is 11.2 Å². The number of hydrogen-bond acceptors (Lipinski definition) is 4. The van der Waals surface area contributed by atoms with Gasteiger partial charge in [-0.3, -0.25) is 4.57 Å². The van der Waals surface area contributed by atoms with E-state index in [0.717, 1.165) is 11.3 Å². The molecule has 0 saturated heterocycles. The Morgan fingerprint density at radius 3 is 2.84 bits per heavy atom. The fourth-order valence-corrected chi connectivity index (χ4v) is 2.22. The zero-order valence-electron chi connectivity index (χ0n) is 10.5. The Labute approximate surface area is 110 Å². The van der Waals surface area contributed by atoms with Gasteiger partial charge in [0.15, 0.2) is 5.69 Å². The van der Waals surface area contributed by atoms with Crippen LogP contribution in [0.5, 0.6) is 0 Å². The van der Waals surface area contributed by atoms with E-state index >= 15 is 0 Å². The molecule has 5 nitrogen and oxygen atoms in total. The summed E-state index contributed by atoms with van der Waals surface area (Å²) >= 11 is 0. The number of nitrogens with zero attached hydrogens (tertiary/aromatic N) is 2. The SMILES string of the molecule is Cc1ccc(-n2cnc3c2C(=O)OC(CO)C3)cc1. The van der Waals surface area contributed by atoms with Crippen molar-refractivity contribution in [1.82, 2.24) is 9.55 Å². The topological polar surface area (TPSA) is 64.4 Å². The first-order valence-electron chi connectivity index (χ1n) is 6.14. The largest absolute Gasteiger partial charge is 0.455 e. The van der Waals surface area contributed by atoms with Gasteiger partial charge in [0.1, 0.15) is 12.4 Å². The highest BCUT2D eigenvalue weighted by atomic mass is 16.6. The number of aliphatic hydroxyl groups is 1. The molecule has 1 aromatic heterocycles. The lowest BCUT2D eigenvalue weighted by molar-refractivity contribution is 0.00805. The average Bonchev–Trinajstić information content (AvgIpc) is 2.84. The summed E-state index contributed by atoms with van der Waals surface area (Å²) in [6.45, 7) is 1.83. The van der Waals surface area contributed by atoms with Crippen LogP contribution in [0.3, 0.4) is 0 Å². The third kappa shape index (κ3) is 2.02. The Bertz CT molecular complexity index is 616. The summed E-state index contributed by atoms with van der Waals surface area (Å²) in [7, 11) is 0. The van der Waals surface area contributed by atoms with Crippen molar-refractivity contribution in [3.63, 3.8) is 0 Å². The molecule has 0 spiro atoms. The molecular formula is C14H14N2O3. The van der Waals surface area contributed by atoms with Gasteiger partial charge in [-0.05, 0) is 19.1 Å². The third-order valence-corrected chi connectivity index (χ3v) is 3.25. The van der Waals surface area contributed by atoms with Gasteiger partial charge in [-0.2, -0.15) is 0 Å². The van der Waals surface area contributed by atoms with Crippen molar-refractivity contribution in [3.05, 3.63) is 47.5 Å². The highest BCUT2D eigenvalue weighted by molar-refractivity contribution is 5.90. The summed E-state index contributed by atoms with van der Waals surface area (Å²) in [6.07, 6.45) is 1.59. The van der Waals surface area contributed by atoms with Crippen LogP contribution in [0.4, 0.5) is 0 Å². The number of carbonyl (C=O) groups is 1. The number of rotatable bonds is 2. The zero-order chi connectivity index (χ0) is 13.4. The van der Waals surface area contributed by atoms with Gasteiger partial charge in [0.25, 0.3) is 0 Å². The maximum Gasteiger partial charge on any atom is 0.357 e. The maximum absolute atomic E-state index is 12.0. The summed E-state index contributed by atoms with van der Waals surface area (Å²) in [5.41, 5.74) is 3.16. The fourth-order valence-electron chi connectivity index (χ4n) is 2.22. The summed E-state index contributed by atoms with van der Waals surface area (Å²) in [6, 6.07) is 7.82. The molecule has 98 valence electrons. The molecule has 19 heavy (non-hydrogen) atoms. The van der Waals surface area contributed by atoms with Crippen molar-refractivity contribution in [2.24, 2.45) is 0 Å². The minimum atomic E-state index is -0.485. The second-order valence-corrected chi connectivity index (χ2v) is 4.66. The van der Waals surface area contributed by atoms with Gasteiger partial charge in [-0.1, -0.05) is 17.7 Å². The highest BCUT2D eigenvalue weighted by Gasteiger charge is 2.30. The molecule has 0 saturated carbocycles. The minimum absolute atomic E-state index is 0.178. The predicted octanol–water partition coefficient (Wildman–Crippen LogP) is 1.25. The van der Waals surface area contributed by atoms with Gasteiger partial charge in [0.2, 0.25) is 0 Å². The number of benzene rings is 1. The van der Waals surface area contributed by atoms with Crippen molar-refractivity contribution in [2.75, 3.05) is 6.61 Å². The number of fused-ring (bicyclic) bond motifs is 1. The van der Waals surface area contributed by atoms with Gasteiger partial charge in [-0.25, -0.2) is 9.78 Å². The van der Waals surface area contributed by atoms with E-state index in [-0.39, 0.29) is 6.61 Å². The van der Waals surface area contributed by atoms with Crippen LogP contribution in [-0.4, -0.2) is 33.3 Å². The molecule has 1 atom stereocenters. The van der Waals surface area contributed by atoms with E-state index in [1.54, 1.807) is 10.9 Å². The quantitative estimate of drug-likeness (QED) is 0.823. The molecule has 1 aliphatic heterocycles. The van der Waals surface area contributed by atoms with Gasteiger partial charge >= 0.3 is 5.97 Å².